The Bertz CT molecular complexity index is 247. The topological polar surface area (TPSA) is 20.3 Å². The fourth-order valence-electron chi connectivity index (χ4n) is 2.58. The van der Waals surface area contributed by atoms with Crippen LogP contribution in [0.2, 0.25) is 0 Å². The number of hydrogen-bond donors (Lipinski definition) is 0. The van der Waals surface area contributed by atoms with Crippen LogP contribution in [0.25, 0.3) is 0 Å². The van der Waals surface area contributed by atoms with Gasteiger partial charge >= 0.3 is 0 Å². The molecule has 2 atom stereocenters. The standard InChI is InChI=1S/C14H25NO.Y/c1-6-12-10-11(14(3,4)5)8-9-15(12)13(16)7-2;/h11-12H,1-2,6-10H2,3-5H3;/q-2;. The van der Waals surface area contributed by atoms with Crippen LogP contribution in [0.4, 0.5) is 0 Å². The molecular weight excluding hydrogens is 287 g/mol. The molecule has 0 N–H and O–H groups in total. The van der Waals surface area contributed by atoms with Crippen LogP contribution in [-0.4, -0.2) is 23.4 Å². The zero-order valence-electron chi connectivity index (χ0n) is 11.5. The third-order valence-electron chi connectivity index (χ3n) is 3.81. The van der Waals surface area contributed by atoms with Crippen LogP contribution in [0.3, 0.4) is 0 Å². The molecule has 0 aromatic rings. The summed E-state index contributed by atoms with van der Waals surface area (Å²) in [4.78, 5) is 13.7. The summed E-state index contributed by atoms with van der Waals surface area (Å²) in [6.45, 7) is 15.4. The van der Waals surface area contributed by atoms with Crippen molar-refractivity contribution in [1.82, 2.24) is 4.90 Å². The predicted molar refractivity (Wildman–Crippen MR) is 67.6 cm³/mol. The van der Waals surface area contributed by atoms with E-state index in [2.05, 4.69) is 34.6 Å². The van der Waals surface area contributed by atoms with Crippen LogP contribution in [0.1, 0.15) is 46.5 Å². The maximum atomic E-state index is 11.7. The molecule has 97 valence electrons. The van der Waals surface area contributed by atoms with Gasteiger partial charge in [0.25, 0.3) is 0 Å². The normalized spacial score (nSPS) is 25.4. The Hall–Kier alpha value is 0.574. The van der Waals surface area contributed by atoms with Crippen molar-refractivity contribution in [1.29, 1.82) is 0 Å². The predicted octanol–water partition coefficient (Wildman–Crippen LogP) is 3.09. The Morgan fingerprint density at radius 1 is 1.35 bits per heavy atom. The molecule has 1 amide bonds. The summed E-state index contributed by atoms with van der Waals surface area (Å²) in [6.07, 6.45) is 3.40. The molecule has 3 heteroatoms. The van der Waals surface area contributed by atoms with E-state index in [9.17, 15) is 4.79 Å². The fraction of sp³-hybridized carbons (Fsp3) is 0.786. The third-order valence-corrected chi connectivity index (χ3v) is 3.81. The first-order chi connectivity index (χ1) is 7.40. The zero-order valence-corrected chi connectivity index (χ0v) is 14.4. The van der Waals surface area contributed by atoms with E-state index >= 15 is 0 Å². The molecule has 0 saturated carbocycles. The van der Waals surface area contributed by atoms with Gasteiger partial charge in [0, 0.05) is 45.3 Å². The number of carbonyl (C=O) groups excluding carboxylic acids is 1. The Morgan fingerprint density at radius 3 is 2.35 bits per heavy atom. The number of carbonyl (C=O) groups is 1. The summed E-state index contributed by atoms with van der Waals surface area (Å²) in [5, 5.41) is 0. The second-order valence-corrected chi connectivity index (χ2v) is 5.87. The Kier molecular flexibility index (Phi) is 7.48. The molecule has 1 heterocycles. The van der Waals surface area contributed by atoms with Crippen LogP contribution < -0.4 is 0 Å². The molecule has 17 heavy (non-hydrogen) atoms. The quantitative estimate of drug-likeness (QED) is 0.718. The zero-order chi connectivity index (χ0) is 12.3. The maximum absolute atomic E-state index is 11.7. The first-order valence-electron chi connectivity index (χ1n) is 6.28. The molecule has 0 aliphatic carbocycles. The first kappa shape index (κ1) is 17.6. The second-order valence-electron chi connectivity index (χ2n) is 5.87. The van der Waals surface area contributed by atoms with Crippen molar-refractivity contribution in [2.24, 2.45) is 11.3 Å². The van der Waals surface area contributed by atoms with E-state index in [1.807, 2.05) is 4.90 Å². The molecule has 2 unspecified atom stereocenters. The Balaban J connectivity index is 0.00000256. The largest absolute Gasteiger partial charge is 0.345 e. The van der Waals surface area contributed by atoms with Crippen LogP contribution in [0.15, 0.2) is 0 Å². The van der Waals surface area contributed by atoms with E-state index in [0.29, 0.717) is 23.8 Å². The molecule has 1 aliphatic rings. The van der Waals surface area contributed by atoms with Crippen LogP contribution in [0, 0.1) is 25.2 Å². The molecule has 0 bridgehead atoms. The summed E-state index contributed by atoms with van der Waals surface area (Å²) >= 11 is 0. The van der Waals surface area contributed by atoms with Gasteiger partial charge in [0.2, 0.25) is 0 Å². The van der Waals surface area contributed by atoms with Crippen molar-refractivity contribution in [3.05, 3.63) is 13.8 Å². The Morgan fingerprint density at radius 2 is 1.94 bits per heavy atom. The minimum Gasteiger partial charge on any atom is -0.345 e. The number of hydrogen-bond acceptors (Lipinski definition) is 1. The summed E-state index contributed by atoms with van der Waals surface area (Å²) in [5.41, 5.74) is 0.340. The van der Waals surface area contributed by atoms with Crippen LogP contribution in [-0.2, 0) is 37.5 Å². The maximum Gasteiger partial charge on any atom is 0.192 e. The van der Waals surface area contributed by atoms with Gasteiger partial charge in [-0.2, -0.15) is 6.42 Å². The van der Waals surface area contributed by atoms with E-state index < -0.39 is 0 Å². The van der Waals surface area contributed by atoms with Crippen molar-refractivity contribution in [2.45, 2.75) is 52.5 Å². The number of rotatable bonds is 2. The molecule has 1 saturated heterocycles. The summed E-state index contributed by atoms with van der Waals surface area (Å²) in [7, 11) is 0. The minimum atomic E-state index is 0. The second kappa shape index (κ2) is 7.23. The van der Waals surface area contributed by atoms with Gasteiger partial charge in [0.1, 0.15) is 0 Å². The van der Waals surface area contributed by atoms with Gasteiger partial charge in [-0.05, 0) is 24.2 Å². The number of amides is 1. The minimum absolute atomic E-state index is 0. The third kappa shape index (κ3) is 4.63. The van der Waals surface area contributed by atoms with E-state index in [4.69, 9.17) is 0 Å². The molecule has 0 aromatic heterocycles. The Labute approximate surface area is 132 Å². The van der Waals surface area contributed by atoms with E-state index in [0.717, 1.165) is 25.8 Å². The average molecular weight is 312 g/mol. The van der Waals surface area contributed by atoms with E-state index in [1.165, 1.54) is 0 Å². The van der Waals surface area contributed by atoms with Crippen molar-refractivity contribution >= 4 is 5.91 Å². The molecule has 0 spiro atoms. The molecular formula is C14H25NOY-2. The van der Waals surface area contributed by atoms with Gasteiger partial charge in [-0.1, -0.05) is 20.8 Å². The van der Waals surface area contributed by atoms with Gasteiger partial charge in [-0.15, -0.1) is 6.42 Å². The fourth-order valence-corrected chi connectivity index (χ4v) is 2.58. The number of piperidine rings is 1. The smallest absolute Gasteiger partial charge is 0.192 e. The van der Waals surface area contributed by atoms with Gasteiger partial charge < -0.3 is 18.7 Å². The molecule has 1 fully saturated rings. The average Bonchev–Trinajstić information content (AvgIpc) is 2.26. The van der Waals surface area contributed by atoms with Crippen LogP contribution in [0.5, 0.6) is 0 Å². The molecule has 1 aliphatic heterocycles. The first-order valence-corrected chi connectivity index (χ1v) is 6.28. The number of likely N-dealkylation sites (tertiary alicyclic amines) is 1. The number of nitrogens with zero attached hydrogens (tertiary/aromatic N) is 1. The van der Waals surface area contributed by atoms with Crippen LogP contribution >= 0.6 is 0 Å². The monoisotopic (exact) mass is 312 g/mol. The van der Waals surface area contributed by atoms with E-state index in [-0.39, 0.29) is 38.6 Å². The van der Waals surface area contributed by atoms with Gasteiger partial charge in [0.05, 0.1) is 0 Å². The van der Waals surface area contributed by atoms with Crippen molar-refractivity contribution in [2.75, 3.05) is 6.54 Å². The van der Waals surface area contributed by atoms with Gasteiger partial charge in [-0.3, -0.25) is 4.79 Å². The molecule has 2 nitrogen and oxygen atoms in total. The summed E-state index contributed by atoms with van der Waals surface area (Å²) < 4.78 is 0. The SMILES string of the molecule is [CH2-]CC(=O)N1CCC(C(C)(C)C)CC1C[CH2-].[Y]. The van der Waals surface area contributed by atoms with E-state index in [1.54, 1.807) is 0 Å². The van der Waals surface area contributed by atoms with Gasteiger partial charge in [0.15, 0.2) is 5.91 Å². The molecule has 0 aromatic carbocycles. The van der Waals surface area contributed by atoms with Gasteiger partial charge in [-0.25, -0.2) is 0 Å². The summed E-state index contributed by atoms with van der Waals surface area (Å²) in [6, 6.07) is 0.326. The van der Waals surface area contributed by atoms with Crippen molar-refractivity contribution in [3.63, 3.8) is 0 Å². The van der Waals surface area contributed by atoms with Crippen molar-refractivity contribution in [3.8, 4) is 0 Å². The summed E-state index contributed by atoms with van der Waals surface area (Å²) in [5.74, 6) is 0.883. The molecule has 1 radical (unpaired) electrons. The van der Waals surface area contributed by atoms with Crippen molar-refractivity contribution < 1.29 is 37.5 Å². The molecule has 1 rings (SSSR count).